The van der Waals surface area contributed by atoms with Gasteiger partial charge in [-0.05, 0) is 6.92 Å². The van der Waals surface area contributed by atoms with Gasteiger partial charge in [0.2, 0.25) is 0 Å². The number of carbonyl (C=O) groups is 1. The van der Waals surface area contributed by atoms with Crippen molar-refractivity contribution in [1.29, 1.82) is 0 Å². The van der Waals surface area contributed by atoms with Crippen LogP contribution in [0.15, 0.2) is 0 Å². The van der Waals surface area contributed by atoms with Gasteiger partial charge in [0, 0.05) is 18.6 Å². The highest BCUT2D eigenvalue weighted by atomic mass is 32.2. The average molecular weight is 279 g/mol. The second kappa shape index (κ2) is 4.76. The molecule has 0 saturated carbocycles. The van der Waals surface area contributed by atoms with Crippen molar-refractivity contribution in [2.45, 2.75) is 18.6 Å². The Kier molecular flexibility index (Phi) is 4.50. The topological polar surface area (TPSA) is 127 Å². The minimum atomic E-state index is -5.08. The van der Waals surface area contributed by atoms with Crippen LogP contribution in [0.2, 0.25) is 0 Å². The van der Waals surface area contributed by atoms with Crippen LogP contribution in [0.1, 0.15) is 6.92 Å². The van der Waals surface area contributed by atoms with Crippen LogP contribution in [0.4, 0.5) is 13.2 Å². The lowest BCUT2D eigenvalue weighted by atomic mass is 9.97. The number of carboxylic acid groups (broad SMARTS) is 1. The molecule has 1 saturated heterocycles. The number of hydrogen-bond acceptors (Lipinski definition) is 4. The molecular formula is C6H12F3N3O4S. The van der Waals surface area contributed by atoms with Gasteiger partial charge >= 0.3 is 12.1 Å². The maximum atomic E-state index is 10.6. The van der Waals surface area contributed by atoms with Crippen LogP contribution in [-0.2, 0) is 15.0 Å². The Bertz CT molecular complexity index is 384. The van der Waals surface area contributed by atoms with Crippen LogP contribution in [-0.4, -0.2) is 48.6 Å². The normalized spacial score (nSPS) is 19.9. The summed E-state index contributed by atoms with van der Waals surface area (Å²) in [7, 11) is -3.48. The van der Waals surface area contributed by atoms with E-state index in [0.29, 0.717) is 13.1 Å². The third-order valence-electron chi connectivity index (χ3n) is 1.68. The molecule has 0 aromatic rings. The zero-order valence-electron chi connectivity index (χ0n) is 8.73. The van der Waals surface area contributed by atoms with Crippen molar-refractivity contribution < 1.29 is 31.5 Å². The smallest absolute Gasteiger partial charge is 0.475 e. The van der Waals surface area contributed by atoms with E-state index in [-0.39, 0.29) is 5.54 Å². The molecule has 0 atom stereocenters. The molecule has 1 aliphatic heterocycles. The lowest BCUT2D eigenvalue weighted by molar-refractivity contribution is -0.192. The molecule has 0 unspecified atom stereocenters. The molecule has 1 rings (SSSR count). The van der Waals surface area contributed by atoms with E-state index < -0.39 is 22.4 Å². The Morgan fingerprint density at radius 3 is 1.76 bits per heavy atom. The van der Waals surface area contributed by atoms with Crippen molar-refractivity contribution in [2.75, 3.05) is 13.1 Å². The summed E-state index contributed by atoms with van der Waals surface area (Å²) < 4.78 is 54.0. The maximum absolute atomic E-state index is 10.6. The highest BCUT2D eigenvalue weighted by molar-refractivity contribution is 7.86. The van der Waals surface area contributed by atoms with Crippen LogP contribution >= 0.6 is 0 Å². The number of nitrogens with two attached hydrogens (primary N) is 2. The van der Waals surface area contributed by atoms with E-state index in [0.717, 1.165) is 4.31 Å². The monoisotopic (exact) mass is 279 g/mol. The van der Waals surface area contributed by atoms with Crippen LogP contribution in [0.5, 0.6) is 0 Å². The number of nitrogens with zero attached hydrogens (tertiary/aromatic N) is 1. The van der Waals surface area contributed by atoms with E-state index in [1.54, 1.807) is 6.92 Å². The Hall–Kier alpha value is -0.910. The van der Waals surface area contributed by atoms with Gasteiger partial charge in [-0.25, -0.2) is 9.93 Å². The van der Waals surface area contributed by atoms with Gasteiger partial charge in [-0.3, -0.25) is 0 Å². The number of hydrogen-bond donors (Lipinski definition) is 3. The molecule has 0 amide bonds. The van der Waals surface area contributed by atoms with Gasteiger partial charge in [-0.15, -0.1) is 0 Å². The Morgan fingerprint density at radius 2 is 1.71 bits per heavy atom. The third-order valence-corrected chi connectivity index (χ3v) is 2.66. The molecule has 0 aromatic carbocycles. The molecule has 0 bridgehead atoms. The molecule has 0 spiro atoms. The SMILES string of the molecule is CC1(N)CN(S(N)(=O)=O)C1.O=C(O)C(F)(F)F. The van der Waals surface area contributed by atoms with Crippen molar-refractivity contribution in [3.8, 4) is 0 Å². The predicted molar refractivity (Wildman–Crippen MR) is 51.0 cm³/mol. The summed E-state index contributed by atoms with van der Waals surface area (Å²) in [6.07, 6.45) is -5.08. The first kappa shape index (κ1) is 16.1. The zero-order chi connectivity index (χ0) is 14.1. The van der Waals surface area contributed by atoms with Crippen LogP contribution < -0.4 is 10.9 Å². The van der Waals surface area contributed by atoms with Crippen molar-refractivity contribution in [2.24, 2.45) is 10.9 Å². The standard InChI is InChI=1S/C4H11N3O2S.C2HF3O2/c1-4(5)2-7(3-4)10(6,8)9;3-2(4,5)1(6)7/h2-3,5H2,1H3,(H2,6,8,9);(H,6,7). The highest BCUT2D eigenvalue weighted by Gasteiger charge is 2.40. The molecule has 7 nitrogen and oxygen atoms in total. The van der Waals surface area contributed by atoms with Gasteiger partial charge in [-0.1, -0.05) is 0 Å². The number of aliphatic carboxylic acids is 1. The van der Waals surface area contributed by atoms with Crippen molar-refractivity contribution in [1.82, 2.24) is 4.31 Å². The molecule has 11 heteroatoms. The Morgan fingerprint density at radius 1 is 1.41 bits per heavy atom. The third kappa shape index (κ3) is 5.81. The molecule has 17 heavy (non-hydrogen) atoms. The number of alkyl halides is 3. The summed E-state index contributed by atoms with van der Waals surface area (Å²) in [6.45, 7) is 2.44. The summed E-state index contributed by atoms with van der Waals surface area (Å²) >= 11 is 0. The maximum Gasteiger partial charge on any atom is 0.490 e. The molecule has 0 aromatic heterocycles. The summed E-state index contributed by atoms with van der Waals surface area (Å²) in [6, 6.07) is 0. The van der Waals surface area contributed by atoms with Crippen molar-refractivity contribution in [3.63, 3.8) is 0 Å². The van der Waals surface area contributed by atoms with E-state index in [1.807, 2.05) is 0 Å². The van der Waals surface area contributed by atoms with E-state index in [1.165, 1.54) is 0 Å². The van der Waals surface area contributed by atoms with Crippen molar-refractivity contribution >= 4 is 16.2 Å². The highest BCUT2D eigenvalue weighted by Crippen LogP contribution is 2.18. The second-order valence-electron chi connectivity index (χ2n) is 3.77. The van der Waals surface area contributed by atoms with Gasteiger partial charge in [0.25, 0.3) is 10.2 Å². The van der Waals surface area contributed by atoms with E-state index in [9.17, 15) is 21.6 Å². The lowest BCUT2D eigenvalue weighted by Crippen LogP contribution is -2.67. The fourth-order valence-corrected chi connectivity index (χ4v) is 1.89. The quantitative estimate of drug-likeness (QED) is 0.559. The molecule has 102 valence electrons. The van der Waals surface area contributed by atoms with Crippen LogP contribution in [0, 0.1) is 0 Å². The summed E-state index contributed by atoms with van der Waals surface area (Å²) in [5, 5.41) is 11.9. The first-order valence-electron chi connectivity index (χ1n) is 4.12. The van der Waals surface area contributed by atoms with Gasteiger partial charge in [0.1, 0.15) is 0 Å². The minimum Gasteiger partial charge on any atom is -0.475 e. The Balaban J connectivity index is 0.000000325. The molecule has 1 fully saturated rings. The lowest BCUT2D eigenvalue weighted by Gasteiger charge is -2.42. The first-order valence-corrected chi connectivity index (χ1v) is 5.63. The first-order chi connectivity index (χ1) is 7.26. The number of carboxylic acids is 1. The molecule has 0 radical (unpaired) electrons. The summed E-state index contributed by atoms with van der Waals surface area (Å²) in [5.74, 6) is -2.76. The average Bonchev–Trinajstić information content (AvgIpc) is 1.97. The van der Waals surface area contributed by atoms with Gasteiger partial charge in [0.05, 0.1) is 0 Å². The molecule has 1 aliphatic rings. The van der Waals surface area contributed by atoms with Gasteiger partial charge in [-0.2, -0.15) is 25.9 Å². The number of rotatable bonds is 1. The van der Waals surface area contributed by atoms with E-state index >= 15 is 0 Å². The fourth-order valence-electron chi connectivity index (χ4n) is 0.939. The van der Waals surface area contributed by atoms with Crippen LogP contribution in [0.3, 0.4) is 0 Å². The molecule has 1 heterocycles. The van der Waals surface area contributed by atoms with Crippen LogP contribution in [0.25, 0.3) is 0 Å². The largest absolute Gasteiger partial charge is 0.490 e. The second-order valence-corrected chi connectivity index (χ2v) is 5.32. The van der Waals surface area contributed by atoms with E-state index in [4.69, 9.17) is 20.8 Å². The fraction of sp³-hybridized carbons (Fsp3) is 0.833. The zero-order valence-corrected chi connectivity index (χ0v) is 9.55. The molecule has 5 N–H and O–H groups in total. The number of halogens is 3. The molecular weight excluding hydrogens is 267 g/mol. The van der Waals surface area contributed by atoms with E-state index in [2.05, 4.69) is 0 Å². The summed E-state index contributed by atoms with van der Waals surface area (Å²) in [4.78, 5) is 8.90. The van der Waals surface area contributed by atoms with Crippen molar-refractivity contribution in [3.05, 3.63) is 0 Å². The Labute approximate surface area is 95.4 Å². The summed E-state index contributed by atoms with van der Waals surface area (Å²) in [5.41, 5.74) is 5.16. The predicted octanol–water partition coefficient (Wildman–Crippen LogP) is -1.14. The van der Waals surface area contributed by atoms with Gasteiger partial charge < -0.3 is 10.8 Å². The minimum absolute atomic E-state index is 0.325. The van der Waals surface area contributed by atoms with Gasteiger partial charge in [0.15, 0.2) is 0 Å². The molecule has 0 aliphatic carbocycles.